The van der Waals surface area contributed by atoms with E-state index in [1.165, 1.54) is 5.56 Å². The van der Waals surface area contributed by atoms with Gasteiger partial charge in [-0.15, -0.1) is 0 Å². The van der Waals surface area contributed by atoms with Gasteiger partial charge in [0.15, 0.2) is 0 Å². The number of benzene rings is 3. The molecule has 4 aromatic rings. The van der Waals surface area contributed by atoms with Gasteiger partial charge < -0.3 is 19.7 Å². The summed E-state index contributed by atoms with van der Waals surface area (Å²) in [5, 5.41) is 10.8. The highest BCUT2D eigenvalue weighted by Gasteiger charge is 2.42. The first-order chi connectivity index (χ1) is 23.0. The first-order valence-electron chi connectivity index (χ1n) is 16.9. The highest BCUT2D eigenvalue weighted by Crippen LogP contribution is 2.40. The Morgan fingerprint density at radius 3 is 2.04 bits per heavy atom. The van der Waals surface area contributed by atoms with Gasteiger partial charge in [-0.25, -0.2) is 9.48 Å². The molecular formula is C39H47N5O4. The minimum atomic E-state index is -0.322. The number of ether oxygens (including phenoxy) is 2. The number of nitrogens with one attached hydrogen (secondary N) is 2. The third-order valence-electron chi connectivity index (χ3n) is 9.62. The molecule has 0 saturated carbocycles. The summed E-state index contributed by atoms with van der Waals surface area (Å²) in [6, 6.07) is 24.0. The van der Waals surface area contributed by atoms with Crippen LogP contribution in [0.5, 0.6) is 11.5 Å². The fraction of sp³-hybridized carbons (Fsp3) is 0.410. The van der Waals surface area contributed by atoms with Crippen LogP contribution in [0, 0.1) is 12.8 Å². The minimum Gasteiger partial charge on any atom is -0.497 e. The second-order valence-electron chi connectivity index (χ2n) is 14.3. The Hall–Kier alpha value is -4.79. The number of piperidine rings is 1. The summed E-state index contributed by atoms with van der Waals surface area (Å²) < 4.78 is 12.6. The molecule has 6 rings (SSSR count). The van der Waals surface area contributed by atoms with E-state index in [9.17, 15) is 9.59 Å². The smallest absolute Gasteiger partial charge is 0.324 e. The number of carbonyl (C=O) groups excluding carboxylic acids is 2. The Labute approximate surface area is 283 Å². The first kappa shape index (κ1) is 33.1. The molecule has 9 nitrogen and oxygen atoms in total. The van der Waals surface area contributed by atoms with E-state index < -0.39 is 0 Å². The molecule has 9 heteroatoms. The molecule has 0 aliphatic carbocycles. The van der Waals surface area contributed by atoms with Crippen LogP contribution in [0.15, 0.2) is 72.8 Å². The lowest BCUT2D eigenvalue weighted by Gasteiger charge is -2.39. The van der Waals surface area contributed by atoms with Gasteiger partial charge in [0.1, 0.15) is 17.3 Å². The lowest BCUT2D eigenvalue weighted by molar-refractivity contribution is -0.135. The van der Waals surface area contributed by atoms with Crippen molar-refractivity contribution in [3.05, 3.63) is 95.2 Å². The van der Waals surface area contributed by atoms with Gasteiger partial charge in [0, 0.05) is 35.3 Å². The summed E-state index contributed by atoms with van der Waals surface area (Å²) in [5.74, 6) is 2.70. The van der Waals surface area contributed by atoms with Crippen molar-refractivity contribution in [3.63, 3.8) is 0 Å². The minimum absolute atomic E-state index is 0.171. The van der Waals surface area contributed by atoms with E-state index in [2.05, 4.69) is 48.4 Å². The van der Waals surface area contributed by atoms with Crippen molar-refractivity contribution in [1.82, 2.24) is 14.7 Å². The molecule has 0 spiro atoms. The summed E-state index contributed by atoms with van der Waals surface area (Å²) in [6.45, 7) is 8.37. The third-order valence-corrected chi connectivity index (χ3v) is 9.62. The summed E-state index contributed by atoms with van der Waals surface area (Å²) in [7, 11) is 3.25. The van der Waals surface area contributed by atoms with Crippen LogP contribution in [0.1, 0.15) is 68.8 Å². The maximum atomic E-state index is 13.5. The van der Waals surface area contributed by atoms with Crippen molar-refractivity contribution in [3.8, 4) is 17.2 Å². The average Bonchev–Trinajstić information content (AvgIpc) is 3.60. The SMILES string of the molecule is COc1cc(CC(=O)N2C3CCC2CC(Cc2ccc(NC(=O)Nc4cc(C(C)(C)C)nn4-c4ccc(C)cc4)cc2)C3)cc(OC)c1. The number of nitrogens with zero attached hydrogens (tertiary/aromatic N) is 3. The molecule has 2 bridgehead atoms. The first-order valence-corrected chi connectivity index (χ1v) is 16.9. The predicted octanol–water partition coefficient (Wildman–Crippen LogP) is 7.69. The zero-order valence-corrected chi connectivity index (χ0v) is 28.9. The van der Waals surface area contributed by atoms with E-state index >= 15 is 0 Å². The summed E-state index contributed by atoms with van der Waals surface area (Å²) in [5.41, 5.74) is 5.64. The van der Waals surface area contributed by atoms with Gasteiger partial charge in [0.2, 0.25) is 5.91 Å². The molecule has 2 fully saturated rings. The Morgan fingerprint density at radius 2 is 1.46 bits per heavy atom. The molecule has 2 aliphatic rings. The van der Waals surface area contributed by atoms with Crippen molar-refractivity contribution in [2.75, 3.05) is 24.9 Å². The van der Waals surface area contributed by atoms with Gasteiger partial charge in [0.05, 0.1) is 32.0 Å². The van der Waals surface area contributed by atoms with Crippen LogP contribution in [-0.4, -0.2) is 52.9 Å². The van der Waals surface area contributed by atoms with Crippen molar-refractivity contribution < 1.29 is 19.1 Å². The Balaban J connectivity index is 1.05. The average molecular weight is 650 g/mol. The number of fused-ring (bicyclic) bond motifs is 2. The zero-order valence-electron chi connectivity index (χ0n) is 28.9. The molecule has 2 aliphatic heterocycles. The molecule has 3 amide bonds. The maximum Gasteiger partial charge on any atom is 0.324 e. The number of amides is 3. The molecule has 2 atom stereocenters. The van der Waals surface area contributed by atoms with Crippen LogP contribution >= 0.6 is 0 Å². The molecule has 2 unspecified atom stereocenters. The van der Waals surface area contributed by atoms with Crippen molar-refractivity contribution in [1.29, 1.82) is 0 Å². The number of methoxy groups -OCH3 is 2. The van der Waals surface area contributed by atoms with Gasteiger partial charge in [-0.05, 0) is 92.5 Å². The highest BCUT2D eigenvalue weighted by atomic mass is 16.5. The Bertz CT molecular complexity index is 1720. The molecule has 0 radical (unpaired) electrons. The van der Waals surface area contributed by atoms with Crippen LogP contribution < -0.4 is 20.1 Å². The van der Waals surface area contributed by atoms with Gasteiger partial charge in [-0.2, -0.15) is 5.10 Å². The van der Waals surface area contributed by atoms with Gasteiger partial charge in [-0.1, -0.05) is 50.6 Å². The molecule has 1 aromatic heterocycles. The zero-order chi connectivity index (χ0) is 34.0. The molecule has 48 heavy (non-hydrogen) atoms. The molecule has 2 saturated heterocycles. The number of carbonyl (C=O) groups is 2. The van der Waals surface area contributed by atoms with E-state index in [4.69, 9.17) is 14.6 Å². The Morgan fingerprint density at radius 1 is 0.833 bits per heavy atom. The van der Waals surface area contributed by atoms with Crippen LogP contribution in [0.2, 0.25) is 0 Å². The maximum absolute atomic E-state index is 13.5. The normalized spacial score (nSPS) is 18.8. The quantitative estimate of drug-likeness (QED) is 0.194. The molecule has 2 N–H and O–H groups in total. The van der Waals surface area contributed by atoms with Crippen molar-refractivity contribution in [2.45, 2.75) is 83.7 Å². The van der Waals surface area contributed by atoms with E-state index in [1.807, 2.05) is 67.6 Å². The summed E-state index contributed by atoms with van der Waals surface area (Å²) >= 11 is 0. The second kappa shape index (κ2) is 13.7. The second-order valence-corrected chi connectivity index (χ2v) is 14.3. The number of hydrogen-bond acceptors (Lipinski definition) is 5. The van der Waals surface area contributed by atoms with Crippen LogP contribution in [0.4, 0.5) is 16.3 Å². The number of aryl methyl sites for hydroxylation is 1. The third kappa shape index (κ3) is 7.51. The van der Waals surface area contributed by atoms with Crippen LogP contribution in [0.25, 0.3) is 5.69 Å². The van der Waals surface area contributed by atoms with Gasteiger partial charge in [-0.3, -0.25) is 10.1 Å². The van der Waals surface area contributed by atoms with Crippen LogP contribution in [0.3, 0.4) is 0 Å². The number of urea groups is 1. The van der Waals surface area contributed by atoms with Gasteiger partial charge >= 0.3 is 6.03 Å². The highest BCUT2D eigenvalue weighted by molar-refractivity contribution is 5.99. The largest absolute Gasteiger partial charge is 0.497 e. The molecule has 3 aromatic carbocycles. The molecule has 3 heterocycles. The summed E-state index contributed by atoms with van der Waals surface area (Å²) in [6.07, 6.45) is 5.45. The molecule has 252 valence electrons. The fourth-order valence-electron chi connectivity index (χ4n) is 7.15. The Kier molecular flexibility index (Phi) is 9.49. The lowest BCUT2D eigenvalue weighted by atomic mass is 9.85. The summed E-state index contributed by atoms with van der Waals surface area (Å²) in [4.78, 5) is 28.8. The number of rotatable bonds is 9. The topological polar surface area (TPSA) is 97.7 Å². The van der Waals surface area contributed by atoms with E-state index in [-0.39, 0.29) is 29.4 Å². The van der Waals surface area contributed by atoms with Crippen molar-refractivity contribution in [2.24, 2.45) is 5.92 Å². The van der Waals surface area contributed by atoms with Gasteiger partial charge in [0.25, 0.3) is 0 Å². The van der Waals surface area contributed by atoms with E-state index in [0.717, 1.165) is 60.3 Å². The fourth-order valence-corrected chi connectivity index (χ4v) is 7.15. The van der Waals surface area contributed by atoms with Crippen LogP contribution in [-0.2, 0) is 23.1 Å². The lowest BCUT2D eigenvalue weighted by Crippen LogP contribution is -2.47. The standard InChI is InChI=1S/C39H47N5O4/c1-25-7-13-30(14-8-25)44-36(24-35(42-44)39(2,3)4)41-38(46)40-29-11-9-26(10-12-29)17-27-18-31-15-16-32(19-27)43(31)37(45)22-28-20-33(47-5)23-34(21-28)48-6/h7-14,20-21,23-24,27,31-32H,15-19,22H2,1-6H3,(H2,40,41,46). The van der Waals surface area contributed by atoms with E-state index in [1.54, 1.807) is 18.9 Å². The number of aromatic nitrogens is 2. The van der Waals surface area contributed by atoms with Crippen molar-refractivity contribution >= 4 is 23.4 Å². The number of anilines is 2. The number of hydrogen-bond donors (Lipinski definition) is 2. The van der Waals surface area contributed by atoms with E-state index in [0.29, 0.717) is 29.7 Å². The monoisotopic (exact) mass is 649 g/mol. The molecular weight excluding hydrogens is 602 g/mol. The predicted molar refractivity (Wildman–Crippen MR) is 189 cm³/mol.